The van der Waals surface area contributed by atoms with Gasteiger partial charge in [-0.05, 0) is 12.1 Å². The normalized spacial score (nSPS) is 9.62. The average molecular weight is 222 g/mol. The summed E-state index contributed by atoms with van der Waals surface area (Å²) in [7, 11) is 0. The number of carboxylic acids is 1. The number of carbonyl (C=O) groups excluding carboxylic acids is 2. The molecule has 6 heteroatoms. The molecule has 0 unspecified atom stereocenters. The minimum Gasteiger partial charge on any atom is -0.478 e. The maximum absolute atomic E-state index is 11.6. The zero-order valence-corrected chi connectivity index (χ0v) is 8.51. The lowest BCUT2D eigenvalue weighted by Crippen LogP contribution is -2.41. The quantitative estimate of drug-likeness (QED) is 0.424. The first-order valence-electron chi connectivity index (χ1n) is 4.37. The summed E-state index contributed by atoms with van der Waals surface area (Å²) < 4.78 is 0. The van der Waals surface area contributed by atoms with Crippen LogP contribution in [0.4, 0.5) is 0 Å². The van der Waals surface area contributed by atoms with Crippen molar-refractivity contribution in [1.82, 2.24) is 5.01 Å². The molecule has 0 aliphatic carbocycles. The Hall–Kier alpha value is -2.21. The molecule has 0 aliphatic heterocycles. The molecular weight excluding hydrogens is 212 g/mol. The van der Waals surface area contributed by atoms with Crippen molar-refractivity contribution >= 4 is 17.8 Å². The Labute approximate surface area is 91.2 Å². The number of carbonyl (C=O) groups is 3. The van der Waals surface area contributed by atoms with Gasteiger partial charge in [0.15, 0.2) is 0 Å². The van der Waals surface area contributed by atoms with E-state index in [9.17, 15) is 14.4 Å². The van der Waals surface area contributed by atoms with Crippen LogP contribution in [0.2, 0.25) is 0 Å². The highest BCUT2D eigenvalue weighted by molar-refractivity contribution is 6.09. The van der Waals surface area contributed by atoms with Crippen LogP contribution in [0.5, 0.6) is 0 Å². The highest BCUT2D eigenvalue weighted by atomic mass is 16.4. The van der Waals surface area contributed by atoms with Crippen LogP contribution in [0.3, 0.4) is 0 Å². The number of hydrogen-bond acceptors (Lipinski definition) is 4. The maximum atomic E-state index is 11.6. The summed E-state index contributed by atoms with van der Waals surface area (Å²) in [5.74, 6) is 2.45. The smallest absolute Gasteiger partial charge is 0.336 e. The fourth-order valence-electron chi connectivity index (χ4n) is 1.13. The van der Waals surface area contributed by atoms with Gasteiger partial charge in [-0.1, -0.05) is 12.1 Å². The van der Waals surface area contributed by atoms with Crippen LogP contribution in [-0.2, 0) is 4.79 Å². The third-order valence-electron chi connectivity index (χ3n) is 1.95. The SMILES string of the molecule is CC(=O)N(N)C(=O)c1ccccc1C(=O)O. The van der Waals surface area contributed by atoms with Gasteiger partial charge in [0.1, 0.15) is 0 Å². The number of hydrazine groups is 1. The summed E-state index contributed by atoms with van der Waals surface area (Å²) in [6.45, 7) is 1.11. The summed E-state index contributed by atoms with van der Waals surface area (Å²) >= 11 is 0. The molecule has 16 heavy (non-hydrogen) atoms. The van der Waals surface area contributed by atoms with Crippen molar-refractivity contribution in [3.8, 4) is 0 Å². The Balaban J connectivity index is 3.18. The summed E-state index contributed by atoms with van der Waals surface area (Å²) in [5, 5.41) is 9.22. The fourth-order valence-corrected chi connectivity index (χ4v) is 1.13. The predicted molar refractivity (Wildman–Crippen MR) is 54.4 cm³/mol. The number of rotatable bonds is 2. The third-order valence-corrected chi connectivity index (χ3v) is 1.95. The fraction of sp³-hybridized carbons (Fsp3) is 0.100. The molecule has 0 saturated heterocycles. The zero-order valence-electron chi connectivity index (χ0n) is 8.51. The van der Waals surface area contributed by atoms with Crippen molar-refractivity contribution in [2.75, 3.05) is 0 Å². The Kier molecular flexibility index (Phi) is 3.37. The van der Waals surface area contributed by atoms with Crippen molar-refractivity contribution < 1.29 is 19.5 Å². The Morgan fingerprint density at radius 2 is 1.69 bits per heavy atom. The minimum atomic E-state index is -1.25. The zero-order chi connectivity index (χ0) is 12.3. The summed E-state index contributed by atoms with van der Waals surface area (Å²) in [6, 6.07) is 5.54. The van der Waals surface area contributed by atoms with Crippen molar-refractivity contribution in [2.45, 2.75) is 6.92 Å². The molecule has 2 amide bonds. The first kappa shape index (κ1) is 11.9. The van der Waals surface area contributed by atoms with E-state index in [1.807, 2.05) is 0 Å². The predicted octanol–water partition coefficient (Wildman–Crippen LogP) is 0.247. The van der Waals surface area contributed by atoms with Crippen molar-refractivity contribution in [3.63, 3.8) is 0 Å². The molecule has 0 bridgehead atoms. The van der Waals surface area contributed by atoms with Gasteiger partial charge in [0.2, 0.25) is 5.91 Å². The lowest BCUT2D eigenvalue weighted by Gasteiger charge is -2.13. The van der Waals surface area contributed by atoms with E-state index < -0.39 is 17.8 Å². The number of aromatic carboxylic acids is 1. The number of benzene rings is 1. The van der Waals surface area contributed by atoms with Crippen LogP contribution in [0, 0.1) is 0 Å². The number of amides is 2. The highest BCUT2D eigenvalue weighted by Crippen LogP contribution is 2.10. The summed E-state index contributed by atoms with van der Waals surface area (Å²) in [5.41, 5.74) is -0.308. The second-order valence-electron chi connectivity index (χ2n) is 3.04. The molecule has 0 saturated carbocycles. The largest absolute Gasteiger partial charge is 0.478 e. The Morgan fingerprint density at radius 1 is 1.19 bits per heavy atom. The van der Waals surface area contributed by atoms with Crippen LogP contribution >= 0.6 is 0 Å². The van der Waals surface area contributed by atoms with E-state index in [1.165, 1.54) is 24.3 Å². The molecule has 0 atom stereocenters. The average Bonchev–Trinajstić information content (AvgIpc) is 2.26. The Bertz CT molecular complexity index is 456. The number of imide groups is 1. The molecule has 84 valence electrons. The molecule has 0 aliphatic rings. The van der Waals surface area contributed by atoms with E-state index in [-0.39, 0.29) is 11.1 Å². The van der Waals surface area contributed by atoms with Gasteiger partial charge in [0.25, 0.3) is 5.91 Å². The van der Waals surface area contributed by atoms with Crippen LogP contribution in [-0.4, -0.2) is 27.9 Å². The van der Waals surface area contributed by atoms with Crippen LogP contribution < -0.4 is 5.84 Å². The van der Waals surface area contributed by atoms with E-state index in [1.54, 1.807) is 0 Å². The van der Waals surface area contributed by atoms with Gasteiger partial charge in [-0.3, -0.25) is 9.59 Å². The van der Waals surface area contributed by atoms with Gasteiger partial charge in [0.05, 0.1) is 11.1 Å². The van der Waals surface area contributed by atoms with Crippen LogP contribution in [0.1, 0.15) is 27.6 Å². The number of hydrogen-bond donors (Lipinski definition) is 2. The molecule has 1 aromatic carbocycles. The second-order valence-corrected chi connectivity index (χ2v) is 3.04. The van der Waals surface area contributed by atoms with Gasteiger partial charge in [0, 0.05) is 6.92 Å². The van der Waals surface area contributed by atoms with Gasteiger partial charge >= 0.3 is 5.97 Å². The van der Waals surface area contributed by atoms with Crippen molar-refractivity contribution in [2.24, 2.45) is 5.84 Å². The molecule has 0 radical (unpaired) electrons. The van der Waals surface area contributed by atoms with Gasteiger partial charge < -0.3 is 5.11 Å². The molecule has 1 rings (SSSR count). The maximum Gasteiger partial charge on any atom is 0.336 e. The van der Waals surface area contributed by atoms with Crippen molar-refractivity contribution in [3.05, 3.63) is 35.4 Å². The standard InChI is InChI=1S/C10H10N2O4/c1-6(13)12(11)9(14)7-4-2-3-5-8(7)10(15)16/h2-5H,11H2,1H3,(H,15,16). The molecule has 0 heterocycles. The molecular formula is C10H10N2O4. The van der Waals surface area contributed by atoms with Crippen LogP contribution in [0.25, 0.3) is 0 Å². The lowest BCUT2D eigenvalue weighted by molar-refractivity contribution is -0.126. The Morgan fingerprint density at radius 3 is 2.12 bits per heavy atom. The molecule has 0 fully saturated rings. The van der Waals surface area contributed by atoms with E-state index >= 15 is 0 Å². The highest BCUT2D eigenvalue weighted by Gasteiger charge is 2.21. The molecule has 3 N–H and O–H groups in total. The first-order chi connectivity index (χ1) is 7.45. The first-order valence-corrected chi connectivity index (χ1v) is 4.37. The summed E-state index contributed by atoms with van der Waals surface area (Å²) in [6.07, 6.45) is 0. The second kappa shape index (κ2) is 4.54. The minimum absolute atomic E-state index is 0.118. The molecule has 6 nitrogen and oxygen atoms in total. The van der Waals surface area contributed by atoms with Crippen molar-refractivity contribution in [1.29, 1.82) is 0 Å². The van der Waals surface area contributed by atoms with E-state index in [4.69, 9.17) is 10.9 Å². The van der Waals surface area contributed by atoms with Crippen LogP contribution in [0.15, 0.2) is 24.3 Å². The lowest BCUT2D eigenvalue weighted by atomic mass is 10.1. The number of carboxylic acid groups (broad SMARTS) is 1. The van der Waals surface area contributed by atoms with E-state index in [0.717, 1.165) is 6.92 Å². The van der Waals surface area contributed by atoms with Gasteiger partial charge in [-0.15, -0.1) is 0 Å². The number of nitrogens with two attached hydrogens (primary N) is 1. The third kappa shape index (κ3) is 2.23. The monoisotopic (exact) mass is 222 g/mol. The van der Waals surface area contributed by atoms with Gasteiger partial charge in [-0.25, -0.2) is 15.6 Å². The van der Waals surface area contributed by atoms with E-state index in [0.29, 0.717) is 5.01 Å². The number of nitrogens with zero attached hydrogens (tertiary/aromatic N) is 1. The van der Waals surface area contributed by atoms with E-state index in [2.05, 4.69) is 0 Å². The van der Waals surface area contributed by atoms with Gasteiger partial charge in [-0.2, -0.15) is 0 Å². The molecule has 0 spiro atoms. The molecule has 0 aromatic heterocycles. The topological polar surface area (TPSA) is 101 Å². The summed E-state index contributed by atoms with van der Waals surface area (Å²) in [4.78, 5) is 33.3. The molecule has 1 aromatic rings.